The molecule has 1 amide bonds. The Labute approximate surface area is 180 Å². The van der Waals surface area contributed by atoms with Crippen LogP contribution in [-0.4, -0.2) is 64.0 Å². The number of aromatic nitrogens is 1. The van der Waals surface area contributed by atoms with Crippen molar-refractivity contribution in [3.05, 3.63) is 47.9 Å². The summed E-state index contributed by atoms with van der Waals surface area (Å²) >= 11 is 0. The number of ether oxygens (including phenoxy) is 1. The largest absolute Gasteiger partial charge is 0.441 e. The molecule has 1 aliphatic heterocycles. The molecule has 1 aromatic heterocycles. The van der Waals surface area contributed by atoms with Gasteiger partial charge >= 0.3 is 0 Å². The van der Waals surface area contributed by atoms with E-state index in [9.17, 15) is 13.2 Å². The maximum absolute atomic E-state index is 13.2. The Morgan fingerprint density at radius 3 is 2.58 bits per heavy atom. The average molecular weight is 445 g/mol. The number of anilines is 2. The van der Waals surface area contributed by atoms with Crippen molar-refractivity contribution in [1.29, 1.82) is 0 Å². The lowest BCUT2D eigenvalue weighted by Gasteiger charge is -2.30. The molecular formula is C21H24N4O5S. The van der Waals surface area contributed by atoms with Gasteiger partial charge in [-0.1, -0.05) is 0 Å². The van der Waals surface area contributed by atoms with Gasteiger partial charge in [-0.25, -0.2) is 17.7 Å². The van der Waals surface area contributed by atoms with E-state index in [-0.39, 0.29) is 10.5 Å². The van der Waals surface area contributed by atoms with E-state index < -0.39 is 15.9 Å². The predicted octanol–water partition coefficient (Wildman–Crippen LogP) is 2.48. The molecule has 2 heterocycles. The van der Waals surface area contributed by atoms with Crippen molar-refractivity contribution >= 4 is 38.4 Å². The summed E-state index contributed by atoms with van der Waals surface area (Å²) in [6.45, 7) is 4.07. The first-order valence-electron chi connectivity index (χ1n) is 9.83. The normalized spacial score (nSPS) is 14.9. The average Bonchev–Trinajstić information content (AvgIpc) is 3.13. The predicted molar refractivity (Wildman–Crippen MR) is 117 cm³/mol. The van der Waals surface area contributed by atoms with Crippen LogP contribution in [0.2, 0.25) is 0 Å². The fourth-order valence-electron chi connectivity index (χ4n) is 3.47. The van der Waals surface area contributed by atoms with E-state index in [4.69, 9.17) is 9.15 Å². The van der Waals surface area contributed by atoms with Crippen molar-refractivity contribution in [2.24, 2.45) is 0 Å². The number of carbonyl (C=O) groups is 1. The molecule has 0 bridgehead atoms. The topological polar surface area (TPSA) is 105 Å². The summed E-state index contributed by atoms with van der Waals surface area (Å²) in [6.07, 6.45) is 0. The number of amides is 1. The van der Waals surface area contributed by atoms with Crippen LogP contribution in [0, 0.1) is 6.92 Å². The van der Waals surface area contributed by atoms with E-state index in [1.165, 1.54) is 26.2 Å². The molecule has 0 radical (unpaired) electrons. The van der Waals surface area contributed by atoms with E-state index in [1.54, 1.807) is 31.2 Å². The molecule has 2 aromatic carbocycles. The third-order valence-corrected chi connectivity index (χ3v) is 6.91. The van der Waals surface area contributed by atoms with Crippen molar-refractivity contribution in [1.82, 2.24) is 9.29 Å². The molecule has 10 heteroatoms. The zero-order valence-corrected chi connectivity index (χ0v) is 18.4. The summed E-state index contributed by atoms with van der Waals surface area (Å²) in [5, 5.41) is 2.86. The molecular weight excluding hydrogens is 420 g/mol. The van der Waals surface area contributed by atoms with E-state index in [0.29, 0.717) is 54.7 Å². The van der Waals surface area contributed by atoms with Gasteiger partial charge in [0.05, 0.1) is 23.7 Å². The van der Waals surface area contributed by atoms with Gasteiger partial charge < -0.3 is 19.4 Å². The van der Waals surface area contributed by atoms with Crippen LogP contribution in [0.1, 0.15) is 16.2 Å². The van der Waals surface area contributed by atoms with E-state index in [0.717, 1.165) is 4.31 Å². The van der Waals surface area contributed by atoms with Crippen LogP contribution >= 0.6 is 0 Å². The van der Waals surface area contributed by atoms with Crippen LogP contribution in [0.3, 0.4) is 0 Å². The minimum atomic E-state index is -3.69. The minimum Gasteiger partial charge on any atom is -0.441 e. The lowest BCUT2D eigenvalue weighted by Crippen LogP contribution is -2.37. The summed E-state index contributed by atoms with van der Waals surface area (Å²) in [4.78, 5) is 19.6. The van der Waals surface area contributed by atoms with E-state index >= 15 is 0 Å². The maximum atomic E-state index is 13.2. The molecule has 9 nitrogen and oxygen atoms in total. The number of fused-ring (bicyclic) bond motifs is 1. The molecule has 1 N–H and O–H groups in total. The zero-order chi connectivity index (χ0) is 22.2. The fourth-order valence-corrected chi connectivity index (χ4v) is 4.40. The van der Waals surface area contributed by atoms with E-state index in [1.807, 2.05) is 4.90 Å². The number of oxazole rings is 1. The van der Waals surface area contributed by atoms with Crippen molar-refractivity contribution in [2.45, 2.75) is 11.8 Å². The minimum absolute atomic E-state index is 0.0576. The molecule has 3 aromatic rings. The van der Waals surface area contributed by atoms with Crippen molar-refractivity contribution in [3.63, 3.8) is 0 Å². The summed E-state index contributed by atoms with van der Waals surface area (Å²) in [6, 6.07) is 9.81. The monoisotopic (exact) mass is 444 g/mol. The Hall–Kier alpha value is -2.95. The van der Waals surface area contributed by atoms with Crippen LogP contribution in [-0.2, 0) is 14.8 Å². The molecule has 0 aliphatic carbocycles. The molecule has 1 fully saturated rings. The second-order valence-electron chi connectivity index (χ2n) is 7.44. The third-order valence-electron chi connectivity index (χ3n) is 5.10. The lowest BCUT2D eigenvalue weighted by atomic mass is 10.1. The Kier molecular flexibility index (Phi) is 5.69. The molecule has 0 unspecified atom stereocenters. The first-order chi connectivity index (χ1) is 14.8. The molecule has 31 heavy (non-hydrogen) atoms. The van der Waals surface area contributed by atoms with Gasteiger partial charge in [-0.15, -0.1) is 0 Å². The summed E-state index contributed by atoms with van der Waals surface area (Å²) < 4.78 is 37.3. The number of benzene rings is 2. The van der Waals surface area contributed by atoms with Gasteiger partial charge in [-0.2, -0.15) is 0 Å². The van der Waals surface area contributed by atoms with Crippen LogP contribution < -0.4 is 10.2 Å². The quantitative estimate of drug-likeness (QED) is 0.644. The van der Waals surface area contributed by atoms with Gasteiger partial charge in [0.25, 0.3) is 5.91 Å². The molecule has 1 saturated heterocycles. The molecule has 1 aliphatic rings. The van der Waals surface area contributed by atoms with Gasteiger partial charge in [-0.05, 0) is 36.4 Å². The third kappa shape index (κ3) is 4.27. The number of hydrogen-bond donors (Lipinski definition) is 1. The van der Waals surface area contributed by atoms with Crippen molar-refractivity contribution < 1.29 is 22.4 Å². The van der Waals surface area contributed by atoms with Gasteiger partial charge in [0.1, 0.15) is 5.52 Å². The number of carbonyl (C=O) groups excluding carboxylic acids is 1. The van der Waals surface area contributed by atoms with Crippen LogP contribution in [0.25, 0.3) is 11.1 Å². The summed E-state index contributed by atoms with van der Waals surface area (Å²) in [5.74, 6) is 0.131. The SMILES string of the molecule is Cc1nc2cc(NC(=O)c3cc(S(=O)(=O)N(C)C)ccc3N3CCOCC3)ccc2o1. The highest BCUT2D eigenvalue weighted by Gasteiger charge is 2.24. The number of sulfonamides is 1. The van der Waals surface area contributed by atoms with Crippen LogP contribution in [0.4, 0.5) is 11.4 Å². The van der Waals surface area contributed by atoms with Gasteiger partial charge in [0.2, 0.25) is 10.0 Å². The highest BCUT2D eigenvalue weighted by Crippen LogP contribution is 2.28. The fraction of sp³-hybridized carbons (Fsp3) is 0.333. The van der Waals surface area contributed by atoms with Gasteiger partial charge in [-0.3, -0.25) is 4.79 Å². The summed E-state index contributed by atoms with van der Waals surface area (Å²) in [7, 11) is -0.775. The molecule has 0 saturated carbocycles. The first kappa shape index (κ1) is 21.3. The lowest BCUT2D eigenvalue weighted by molar-refractivity contribution is 0.102. The number of rotatable bonds is 5. The smallest absolute Gasteiger partial charge is 0.257 e. The first-order valence-corrected chi connectivity index (χ1v) is 11.3. The van der Waals surface area contributed by atoms with Gasteiger partial charge in [0, 0.05) is 45.5 Å². The standard InChI is InChI=1S/C21H24N4O5S/c1-14-22-18-12-15(4-7-20(18)30-14)23-21(26)17-13-16(31(27,28)24(2)3)5-6-19(17)25-8-10-29-11-9-25/h4-7,12-13H,8-11H2,1-3H3,(H,23,26). The Balaban J connectivity index is 1.72. The maximum Gasteiger partial charge on any atom is 0.257 e. The zero-order valence-electron chi connectivity index (χ0n) is 17.6. The highest BCUT2D eigenvalue weighted by atomic mass is 32.2. The number of nitrogens with zero attached hydrogens (tertiary/aromatic N) is 3. The number of hydrogen-bond acceptors (Lipinski definition) is 7. The highest BCUT2D eigenvalue weighted by molar-refractivity contribution is 7.89. The van der Waals surface area contributed by atoms with Crippen LogP contribution in [0.15, 0.2) is 45.7 Å². The molecule has 0 spiro atoms. The Bertz CT molecular complexity index is 1230. The van der Waals surface area contributed by atoms with Crippen LogP contribution in [0.5, 0.6) is 0 Å². The number of morpholine rings is 1. The second kappa shape index (κ2) is 8.29. The van der Waals surface area contributed by atoms with E-state index in [2.05, 4.69) is 10.3 Å². The molecule has 4 rings (SSSR count). The Morgan fingerprint density at radius 1 is 1.13 bits per heavy atom. The number of nitrogens with one attached hydrogen (secondary N) is 1. The van der Waals surface area contributed by atoms with Gasteiger partial charge in [0.15, 0.2) is 11.5 Å². The number of aryl methyl sites for hydroxylation is 1. The molecule has 0 atom stereocenters. The molecule has 164 valence electrons. The van der Waals surface area contributed by atoms with Crippen molar-refractivity contribution in [2.75, 3.05) is 50.6 Å². The Morgan fingerprint density at radius 2 is 1.87 bits per heavy atom. The van der Waals surface area contributed by atoms with Crippen molar-refractivity contribution in [3.8, 4) is 0 Å². The summed E-state index contributed by atoms with van der Waals surface area (Å²) in [5.41, 5.74) is 2.74. The second-order valence-corrected chi connectivity index (χ2v) is 9.59.